The van der Waals surface area contributed by atoms with Crippen LogP contribution >= 0.6 is 0 Å². The Hall–Kier alpha value is -0.830. The monoisotopic (exact) mass is 96.1 g/mol. The highest BCUT2D eigenvalue weighted by Gasteiger charge is 1.92. The van der Waals surface area contributed by atoms with E-state index in [2.05, 4.69) is 16.6 Å². The van der Waals surface area contributed by atoms with Crippen molar-refractivity contribution in [2.45, 2.75) is 6.17 Å². The summed E-state index contributed by atoms with van der Waals surface area (Å²) in [5.41, 5.74) is 5.31. The van der Waals surface area contributed by atoms with Crippen LogP contribution in [0, 0.1) is 0 Å². The van der Waals surface area contributed by atoms with Gasteiger partial charge in [-0.3, -0.25) is 0 Å². The van der Waals surface area contributed by atoms with Crippen LogP contribution in [-0.2, 0) is 0 Å². The zero-order valence-electron chi connectivity index (χ0n) is 3.76. The molecule has 0 saturated carbocycles. The van der Waals surface area contributed by atoms with Gasteiger partial charge in [-0.25, -0.2) is 4.99 Å². The molecule has 0 saturated heterocycles. The Labute approximate surface area is 41.9 Å². The molecule has 0 aromatic heterocycles. The van der Waals surface area contributed by atoms with Crippen LogP contribution in [0.25, 0.3) is 0 Å². The van der Waals surface area contributed by atoms with E-state index < -0.39 is 0 Å². The molecule has 0 fully saturated rings. The quantitative estimate of drug-likeness (QED) is 0.418. The topological polar surface area (TPSA) is 50.4 Å². The van der Waals surface area contributed by atoms with E-state index in [-0.39, 0.29) is 6.17 Å². The van der Waals surface area contributed by atoms with Gasteiger partial charge in [-0.2, -0.15) is 0 Å². The van der Waals surface area contributed by atoms with Crippen molar-refractivity contribution in [1.82, 2.24) is 5.32 Å². The molecule has 1 heterocycles. The average Bonchev–Trinajstić information content (AvgIpc) is 1.69. The van der Waals surface area contributed by atoms with E-state index in [1.807, 2.05) is 0 Å². The maximum atomic E-state index is 5.31. The molecule has 3 heteroatoms. The Morgan fingerprint density at radius 2 is 2.71 bits per heavy atom. The predicted octanol–water partition coefficient (Wildman–Crippen LogP) is -0.707. The van der Waals surface area contributed by atoms with Gasteiger partial charge in [-0.15, -0.1) is 0 Å². The van der Waals surface area contributed by atoms with Crippen LogP contribution in [0.4, 0.5) is 0 Å². The molecular weight excluding hydrogens is 90.1 g/mol. The Balaban J connectivity index is 2.49. The minimum atomic E-state index is -0.0995. The maximum absolute atomic E-state index is 5.31. The van der Waals surface area contributed by atoms with Crippen molar-refractivity contribution in [3.63, 3.8) is 0 Å². The summed E-state index contributed by atoms with van der Waals surface area (Å²) < 4.78 is 0. The molecule has 0 aromatic carbocycles. The third-order valence-electron chi connectivity index (χ3n) is 0.664. The first-order chi connectivity index (χ1) is 3.39. The highest BCUT2D eigenvalue weighted by molar-refractivity contribution is 5.57. The molecule has 1 aliphatic heterocycles. The lowest BCUT2D eigenvalue weighted by atomic mass is 10.5. The smallest absolute Gasteiger partial charge is 0.170 e. The zero-order valence-corrected chi connectivity index (χ0v) is 3.76. The van der Waals surface area contributed by atoms with Gasteiger partial charge in [0.15, 0.2) is 6.34 Å². The number of nitrogens with zero attached hydrogens (tertiary/aromatic N) is 1. The third-order valence-corrected chi connectivity index (χ3v) is 0.664. The van der Waals surface area contributed by atoms with Gasteiger partial charge in [0.25, 0.3) is 0 Å². The largest absolute Gasteiger partial charge is 0.348 e. The van der Waals surface area contributed by atoms with Crippen molar-refractivity contribution < 1.29 is 0 Å². The molecule has 1 radical (unpaired) electrons. The lowest BCUT2D eigenvalue weighted by Crippen LogP contribution is -2.35. The number of rotatable bonds is 0. The summed E-state index contributed by atoms with van der Waals surface area (Å²) in [6, 6.07) is 0. The zero-order chi connectivity index (χ0) is 5.11. The molecule has 1 aliphatic rings. The van der Waals surface area contributed by atoms with E-state index >= 15 is 0 Å². The fourth-order valence-electron chi connectivity index (χ4n) is 0.333. The standard InChI is InChI=1S/C4H6N3/c5-4-1-2-6-3-7-4/h1-2,4H,5H2,(H,6,7). The summed E-state index contributed by atoms with van der Waals surface area (Å²) in [5, 5.41) is 2.66. The summed E-state index contributed by atoms with van der Waals surface area (Å²) >= 11 is 0. The van der Waals surface area contributed by atoms with Crippen molar-refractivity contribution in [3.8, 4) is 0 Å². The number of nitrogens with one attached hydrogen (secondary N) is 1. The molecule has 3 nitrogen and oxygen atoms in total. The van der Waals surface area contributed by atoms with Gasteiger partial charge in [-0.1, -0.05) is 0 Å². The summed E-state index contributed by atoms with van der Waals surface area (Å²) in [5.74, 6) is 0. The average molecular weight is 96.1 g/mol. The first-order valence-corrected chi connectivity index (χ1v) is 2.02. The molecule has 0 spiro atoms. The van der Waals surface area contributed by atoms with Crippen LogP contribution in [0.3, 0.4) is 0 Å². The Bertz CT molecular complexity index is 106. The second-order valence-corrected chi connectivity index (χ2v) is 1.25. The number of aliphatic imine (C=N–C) groups is 1. The minimum absolute atomic E-state index is 0.0995. The van der Waals surface area contributed by atoms with E-state index in [4.69, 9.17) is 5.73 Å². The predicted molar refractivity (Wildman–Crippen MR) is 27.7 cm³/mol. The number of nitrogens with two attached hydrogens (primary N) is 1. The van der Waals surface area contributed by atoms with E-state index in [1.54, 1.807) is 12.3 Å². The van der Waals surface area contributed by atoms with E-state index in [0.29, 0.717) is 0 Å². The van der Waals surface area contributed by atoms with Crippen LogP contribution in [0.2, 0.25) is 0 Å². The first kappa shape index (κ1) is 4.33. The summed E-state index contributed by atoms with van der Waals surface area (Å²) in [4.78, 5) is 3.61. The van der Waals surface area contributed by atoms with Crippen molar-refractivity contribution in [1.29, 1.82) is 0 Å². The van der Waals surface area contributed by atoms with Crippen molar-refractivity contribution in [3.05, 3.63) is 12.3 Å². The van der Waals surface area contributed by atoms with E-state index in [1.165, 1.54) is 0 Å². The third kappa shape index (κ3) is 1.01. The van der Waals surface area contributed by atoms with Gasteiger partial charge in [0.1, 0.15) is 0 Å². The molecule has 1 atom stereocenters. The van der Waals surface area contributed by atoms with Gasteiger partial charge in [-0.05, 0) is 6.08 Å². The molecule has 0 bridgehead atoms. The van der Waals surface area contributed by atoms with Crippen LogP contribution in [0.1, 0.15) is 0 Å². The van der Waals surface area contributed by atoms with Gasteiger partial charge in [0.05, 0.1) is 6.17 Å². The molecule has 37 valence electrons. The highest BCUT2D eigenvalue weighted by Crippen LogP contribution is 1.80. The van der Waals surface area contributed by atoms with Crippen molar-refractivity contribution in [2.75, 3.05) is 0 Å². The Kier molecular flexibility index (Phi) is 1.08. The Morgan fingerprint density at radius 3 is 3.00 bits per heavy atom. The van der Waals surface area contributed by atoms with Crippen molar-refractivity contribution >= 4 is 6.34 Å². The van der Waals surface area contributed by atoms with Gasteiger partial charge >= 0.3 is 0 Å². The molecule has 0 aromatic rings. The molecule has 1 unspecified atom stereocenters. The van der Waals surface area contributed by atoms with Gasteiger partial charge in [0, 0.05) is 6.20 Å². The first-order valence-electron chi connectivity index (χ1n) is 2.02. The minimum Gasteiger partial charge on any atom is -0.348 e. The summed E-state index contributed by atoms with van der Waals surface area (Å²) in [7, 11) is 0. The van der Waals surface area contributed by atoms with Gasteiger partial charge < -0.3 is 11.1 Å². The van der Waals surface area contributed by atoms with Crippen LogP contribution in [0.5, 0.6) is 0 Å². The fourth-order valence-corrected chi connectivity index (χ4v) is 0.333. The SMILES string of the molecule is NC1C=CN=[C]N1. The highest BCUT2D eigenvalue weighted by atomic mass is 15.1. The lowest BCUT2D eigenvalue weighted by Gasteiger charge is -2.05. The molecular formula is C4H6N3. The molecule has 7 heavy (non-hydrogen) atoms. The maximum Gasteiger partial charge on any atom is 0.170 e. The number of hydrogen-bond donors (Lipinski definition) is 2. The van der Waals surface area contributed by atoms with Crippen LogP contribution in [0.15, 0.2) is 17.3 Å². The van der Waals surface area contributed by atoms with Crippen LogP contribution in [-0.4, -0.2) is 12.5 Å². The fraction of sp³-hybridized carbons (Fsp3) is 0.250. The molecule has 0 amide bonds. The summed E-state index contributed by atoms with van der Waals surface area (Å²) in [6.45, 7) is 0. The van der Waals surface area contributed by atoms with Crippen LogP contribution < -0.4 is 11.1 Å². The molecule has 3 N–H and O–H groups in total. The normalized spacial score (nSPS) is 27.3. The van der Waals surface area contributed by atoms with E-state index in [9.17, 15) is 0 Å². The van der Waals surface area contributed by atoms with Gasteiger partial charge in [0.2, 0.25) is 0 Å². The van der Waals surface area contributed by atoms with Crippen molar-refractivity contribution in [2.24, 2.45) is 10.7 Å². The summed E-state index contributed by atoms with van der Waals surface area (Å²) in [6.07, 6.45) is 5.76. The number of hydrogen-bond acceptors (Lipinski definition) is 3. The molecule has 1 rings (SSSR count). The van der Waals surface area contributed by atoms with E-state index in [0.717, 1.165) is 0 Å². The Morgan fingerprint density at radius 1 is 1.86 bits per heavy atom. The second kappa shape index (κ2) is 1.75. The second-order valence-electron chi connectivity index (χ2n) is 1.25. The molecule has 0 aliphatic carbocycles. The lowest BCUT2D eigenvalue weighted by molar-refractivity contribution is 0.767.